The molecule has 0 fully saturated rings. The summed E-state index contributed by atoms with van der Waals surface area (Å²) in [6, 6.07) is 6.14. The molecule has 0 spiro atoms. The molecule has 0 aromatic heterocycles. The zero-order valence-electron chi connectivity index (χ0n) is 9.94. The highest BCUT2D eigenvalue weighted by atomic mass is 16.7. The van der Waals surface area contributed by atoms with E-state index in [1.54, 1.807) is 12.1 Å². The van der Waals surface area contributed by atoms with E-state index < -0.39 is 11.0 Å². The number of rotatable bonds is 4. The van der Waals surface area contributed by atoms with Crippen molar-refractivity contribution in [3.63, 3.8) is 0 Å². The molecule has 2 atom stereocenters. The van der Waals surface area contributed by atoms with E-state index in [0.29, 0.717) is 18.6 Å². The predicted molar refractivity (Wildman–Crippen MR) is 65.4 cm³/mol. The van der Waals surface area contributed by atoms with Gasteiger partial charge in [-0.2, -0.15) is 0 Å². The highest BCUT2D eigenvalue weighted by molar-refractivity contribution is 6.01. The van der Waals surface area contributed by atoms with Gasteiger partial charge in [-0.25, -0.2) is 0 Å². The van der Waals surface area contributed by atoms with Crippen LogP contribution in [0.15, 0.2) is 29.4 Å². The summed E-state index contributed by atoms with van der Waals surface area (Å²) in [6.45, 7) is 1.87. The number of hydrogen-bond acceptors (Lipinski definition) is 5. The first-order valence-electron chi connectivity index (χ1n) is 5.77. The van der Waals surface area contributed by atoms with Crippen molar-refractivity contribution in [3.05, 3.63) is 39.9 Å². The zero-order valence-corrected chi connectivity index (χ0v) is 9.94. The summed E-state index contributed by atoms with van der Waals surface area (Å²) >= 11 is 0. The largest absolute Gasteiger partial charge is 0.389 e. The normalized spacial score (nSPS) is 20.1. The van der Waals surface area contributed by atoms with E-state index in [4.69, 9.17) is 4.84 Å². The third-order valence-corrected chi connectivity index (χ3v) is 2.95. The first kappa shape index (κ1) is 12.5. The quantitative estimate of drug-likeness (QED) is 0.652. The highest BCUT2D eigenvalue weighted by Crippen LogP contribution is 2.21. The van der Waals surface area contributed by atoms with Crippen molar-refractivity contribution in [1.29, 1.82) is 0 Å². The van der Waals surface area contributed by atoms with Crippen molar-refractivity contribution in [3.8, 4) is 0 Å². The second-order valence-electron chi connectivity index (χ2n) is 4.17. The number of nitrogens with zero attached hydrogens (tertiary/aromatic N) is 2. The second-order valence-corrected chi connectivity index (χ2v) is 4.17. The van der Waals surface area contributed by atoms with Gasteiger partial charge in [0.2, 0.25) is 0 Å². The Hall–Kier alpha value is -1.95. The lowest BCUT2D eigenvalue weighted by Gasteiger charge is -2.13. The van der Waals surface area contributed by atoms with E-state index in [9.17, 15) is 15.2 Å². The summed E-state index contributed by atoms with van der Waals surface area (Å²) in [5.74, 6) is 0. The molecule has 6 nitrogen and oxygen atoms in total. The van der Waals surface area contributed by atoms with Gasteiger partial charge in [0.25, 0.3) is 5.69 Å². The maximum Gasteiger partial charge on any atom is 0.269 e. The Kier molecular flexibility index (Phi) is 3.57. The fourth-order valence-electron chi connectivity index (χ4n) is 1.81. The van der Waals surface area contributed by atoms with E-state index in [1.165, 1.54) is 12.1 Å². The van der Waals surface area contributed by atoms with Crippen LogP contribution >= 0.6 is 0 Å². The van der Waals surface area contributed by atoms with Crippen LogP contribution in [0.5, 0.6) is 0 Å². The van der Waals surface area contributed by atoms with Crippen molar-refractivity contribution < 1.29 is 14.9 Å². The molecule has 6 heteroatoms. The molecule has 1 N–H and O–H groups in total. The number of nitro groups is 1. The summed E-state index contributed by atoms with van der Waals surface area (Å²) in [6.07, 6.45) is 0.269. The van der Waals surface area contributed by atoms with Crippen LogP contribution in [0.4, 0.5) is 5.69 Å². The molecule has 2 unspecified atom stereocenters. The van der Waals surface area contributed by atoms with Gasteiger partial charge < -0.3 is 9.94 Å². The van der Waals surface area contributed by atoms with E-state index in [0.717, 1.165) is 5.56 Å². The summed E-state index contributed by atoms with van der Waals surface area (Å²) in [5.41, 5.74) is 1.54. The minimum Gasteiger partial charge on any atom is -0.389 e. The number of oxime groups is 1. The van der Waals surface area contributed by atoms with Crippen LogP contribution in [0.2, 0.25) is 0 Å². The van der Waals surface area contributed by atoms with Crippen molar-refractivity contribution in [1.82, 2.24) is 0 Å². The van der Waals surface area contributed by atoms with Crippen molar-refractivity contribution in [2.45, 2.75) is 32.0 Å². The summed E-state index contributed by atoms with van der Waals surface area (Å²) in [5, 5.41) is 24.1. The Bertz CT molecular complexity index is 469. The van der Waals surface area contributed by atoms with Crippen molar-refractivity contribution in [2.24, 2.45) is 5.16 Å². The molecule has 0 aliphatic carbocycles. The molecule has 0 amide bonds. The molecule has 18 heavy (non-hydrogen) atoms. The Morgan fingerprint density at radius 2 is 2.22 bits per heavy atom. The lowest BCUT2D eigenvalue weighted by Crippen LogP contribution is -2.25. The monoisotopic (exact) mass is 250 g/mol. The molecular weight excluding hydrogens is 236 g/mol. The molecular formula is C12H14N2O4. The van der Waals surface area contributed by atoms with Gasteiger partial charge >= 0.3 is 0 Å². The molecule has 1 heterocycles. The zero-order chi connectivity index (χ0) is 13.1. The fraction of sp³-hybridized carbons (Fsp3) is 0.417. The van der Waals surface area contributed by atoms with Gasteiger partial charge in [0.05, 0.1) is 16.7 Å². The molecule has 0 saturated heterocycles. The number of aliphatic hydroxyl groups excluding tert-OH is 1. The Morgan fingerprint density at radius 1 is 1.56 bits per heavy atom. The lowest BCUT2D eigenvalue weighted by molar-refractivity contribution is -0.384. The SMILES string of the molecule is CCC(O)C1CC(c2ccc([N+](=O)[O-])cc2)=NO1. The summed E-state index contributed by atoms with van der Waals surface area (Å²) in [7, 11) is 0. The number of benzene rings is 1. The van der Waals surface area contributed by atoms with Crippen LogP contribution in [0.1, 0.15) is 25.3 Å². The molecule has 0 radical (unpaired) electrons. The average molecular weight is 250 g/mol. The van der Waals surface area contributed by atoms with Gasteiger partial charge in [0.1, 0.15) is 0 Å². The fourth-order valence-corrected chi connectivity index (χ4v) is 1.81. The maximum atomic E-state index is 10.5. The van der Waals surface area contributed by atoms with Crippen molar-refractivity contribution >= 4 is 11.4 Å². The summed E-state index contributed by atoms with van der Waals surface area (Å²) < 4.78 is 0. The number of aliphatic hydroxyl groups is 1. The van der Waals surface area contributed by atoms with E-state index >= 15 is 0 Å². The molecule has 96 valence electrons. The van der Waals surface area contributed by atoms with Crippen LogP contribution in [-0.4, -0.2) is 27.9 Å². The highest BCUT2D eigenvalue weighted by Gasteiger charge is 2.27. The maximum absolute atomic E-state index is 10.5. The first-order chi connectivity index (χ1) is 8.61. The molecule has 1 aliphatic rings. The molecule has 0 saturated carbocycles. The summed E-state index contributed by atoms with van der Waals surface area (Å²) in [4.78, 5) is 15.2. The van der Waals surface area contributed by atoms with Gasteiger partial charge in [-0.1, -0.05) is 12.1 Å². The van der Waals surface area contributed by atoms with Gasteiger partial charge in [0.15, 0.2) is 6.10 Å². The van der Waals surface area contributed by atoms with E-state index in [2.05, 4.69) is 5.16 Å². The van der Waals surface area contributed by atoms with Crippen LogP contribution in [-0.2, 0) is 4.84 Å². The Morgan fingerprint density at radius 3 is 2.78 bits per heavy atom. The smallest absolute Gasteiger partial charge is 0.269 e. The van der Waals surface area contributed by atoms with E-state index in [1.807, 2.05) is 6.92 Å². The Labute approximate surface area is 104 Å². The Balaban J connectivity index is 2.07. The minimum atomic E-state index is -0.538. The average Bonchev–Trinajstić information content (AvgIpc) is 2.87. The van der Waals surface area contributed by atoms with Gasteiger partial charge in [-0.3, -0.25) is 10.1 Å². The molecule has 0 bridgehead atoms. The van der Waals surface area contributed by atoms with Gasteiger partial charge in [-0.05, 0) is 24.1 Å². The van der Waals surface area contributed by atoms with Crippen LogP contribution in [0.25, 0.3) is 0 Å². The van der Waals surface area contributed by atoms with Crippen LogP contribution in [0.3, 0.4) is 0 Å². The second kappa shape index (κ2) is 5.14. The van der Waals surface area contributed by atoms with Crippen molar-refractivity contribution in [2.75, 3.05) is 0 Å². The number of hydrogen-bond donors (Lipinski definition) is 1. The molecule has 1 aromatic carbocycles. The third kappa shape index (κ3) is 2.48. The van der Waals surface area contributed by atoms with Gasteiger partial charge in [0, 0.05) is 18.6 Å². The van der Waals surface area contributed by atoms with E-state index in [-0.39, 0.29) is 11.8 Å². The molecule has 1 aliphatic heterocycles. The van der Waals surface area contributed by atoms with Crippen LogP contribution < -0.4 is 0 Å². The first-order valence-corrected chi connectivity index (χ1v) is 5.77. The standard InChI is InChI=1S/C12H14N2O4/c1-2-11(15)12-7-10(13-18-12)8-3-5-9(6-4-8)14(16)17/h3-6,11-12,15H,2,7H2,1H3. The number of non-ortho nitro benzene ring substituents is 1. The third-order valence-electron chi connectivity index (χ3n) is 2.95. The topological polar surface area (TPSA) is 85.0 Å². The predicted octanol–water partition coefficient (Wildman–Crippen LogP) is 1.86. The number of nitro benzene ring substituents is 1. The van der Waals surface area contributed by atoms with Gasteiger partial charge in [-0.15, -0.1) is 0 Å². The lowest BCUT2D eigenvalue weighted by atomic mass is 10.0. The minimum absolute atomic E-state index is 0.0448. The van der Waals surface area contributed by atoms with Crippen LogP contribution in [0, 0.1) is 10.1 Å². The molecule has 1 aromatic rings. The molecule has 2 rings (SSSR count).